The smallest absolute Gasteiger partial charge is 0.236 e. The third-order valence-corrected chi connectivity index (χ3v) is 6.27. The van der Waals surface area contributed by atoms with Crippen LogP contribution in [0.5, 0.6) is 5.75 Å². The number of aromatic hydroxyl groups is 1. The molecule has 7 nitrogen and oxygen atoms in total. The van der Waals surface area contributed by atoms with Crippen LogP contribution < -0.4 is 10.2 Å². The number of anilines is 2. The van der Waals surface area contributed by atoms with Gasteiger partial charge in [0.1, 0.15) is 11.6 Å². The summed E-state index contributed by atoms with van der Waals surface area (Å²) in [6.45, 7) is 6.20. The third kappa shape index (κ3) is 5.19. The van der Waals surface area contributed by atoms with Crippen molar-refractivity contribution in [1.82, 2.24) is 9.80 Å². The van der Waals surface area contributed by atoms with Gasteiger partial charge < -0.3 is 20.2 Å². The Balaban J connectivity index is 1.23. The van der Waals surface area contributed by atoms with Gasteiger partial charge in [0.05, 0.1) is 12.5 Å². The number of nitrogens with one attached hydrogen (secondary N) is 1. The second-order valence-electron chi connectivity index (χ2n) is 8.56. The Morgan fingerprint density at radius 1 is 1.06 bits per heavy atom. The number of carbonyl (C=O) groups excluding carboxylic acids is 2. The lowest BCUT2D eigenvalue weighted by Crippen LogP contribution is -2.51. The maximum atomic E-state index is 13.4. The van der Waals surface area contributed by atoms with Gasteiger partial charge in [0, 0.05) is 44.1 Å². The van der Waals surface area contributed by atoms with Gasteiger partial charge in [-0.2, -0.15) is 0 Å². The van der Waals surface area contributed by atoms with Crippen LogP contribution in [0.25, 0.3) is 0 Å². The highest BCUT2D eigenvalue weighted by Gasteiger charge is 2.31. The largest absolute Gasteiger partial charge is 0.508 e. The molecule has 2 aliphatic heterocycles. The number of phenols is 1. The number of carbonyl (C=O) groups is 2. The molecule has 2 aliphatic rings. The summed E-state index contributed by atoms with van der Waals surface area (Å²) in [6.07, 6.45) is 0.717. The fourth-order valence-electron chi connectivity index (χ4n) is 4.44. The highest BCUT2D eigenvalue weighted by Crippen LogP contribution is 2.23. The number of hydrogen-bond acceptors (Lipinski definition) is 5. The van der Waals surface area contributed by atoms with Gasteiger partial charge in [-0.05, 0) is 67.9 Å². The van der Waals surface area contributed by atoms with Crippen molar-refractivity contribution in [2.75, 3.05) is 56.0 Å². The van der Waals surface area contributed by atoms with Crippen molar-refractivity contribution in [3.63, 3.8) is 0 Å². The Morgan fingerprint density at radius 3 is 2.47 bits per heavy atom. The van der Waals surface area contributed by atoms with Crippen LogP contribution in [0.3, 0.4) is 0 Å². The first-order chi connectivity index (χ1) is 15.4. The number of benzene rings is 2. The molecule has 2 heterocycles. The van der Waals surface area contributed by atoms with E-state index in [9.17, 15) is 19.1 Å². The first-order valence-corrected chi connectivity index (χ1v) is 11.0. The first kappa shape index (κ1) is 22.1. The van der Waals surface area contributed by atoms with Gasteiger partial charge in [0.2, 0.25) is 11.8 Å². The SMILES string of the molecule is Cc1cc(F)ccc1N1CCN(C(=O)CN2CCC(C(=O)Nc3ccc(O)cc3)C2)CC1. The molecule has 2 amide bonds. The summed E-state index contributed by atoms with van der Waals surface area (Å²) >= 11 is 0. The van der Waals surface area contributed by atoms with E-state index in [1.54, 1.807) is 18.2 Å². The van der Waals surface area contributed by atoms with Crippen LogP contribution in [-0.2, 0) is 9.59 Å². The first-order valence-electron chi connectivity index (χ1n) is 11.0. The second-order valence-corrected chi connectivity index (χ2v) is 8.56. The van der Waals surface area contributed by atoms with E-state index in [0.29, 0.717) is 38.4 Å². The van der Waals surface area contributed by atoms with Gasteiger partial charge in [-0.15, -0.1) is 0 Å². The maximum absolute atomic E-state index is 13.4. The van der Waals surface area contributed by atoms with Crippen LogP contribution in [0.1, 0.15) is 12.0 Å². The standard InChI is InChI=1S/C24H29FN4O3/c1-17-14-19(25)2-7-22(17)28-10-12-29(13-11-28)23(31)16-27-9-8-18(15-27)24(32)26-20-3-5-21(30)6-4-20/h2-7,14,18,30H,8-13,15-16H2,1H3,(H,26,32). The molecular formula is C24H29FN4O3. The number of likely N-dealkylation sites (tertiary alicyclic amines) is 1. The molecule has 2 saturated heterocycles. The number of rotatable bonds is 5. The molecule has 2 aromatic carbocycles. The van der Waals surface area contributed by atoms with Crippen LogP contribution in [0.15, 0.2) is 42.5 Å². The Labute approximate surface area is 187 Å². The fourth-order valence-corrected chi connectivity index (χ4v) is 4.44. The van der Waals surface area contributed by atoms with Crippen LogP contribution >= 0.6 is 0 Å². The minimum Gasteiger partial charge on any atom is -0.508 e. The molecule has 0 radical (unpaired) electrons. The van der Waals surface area contributed by atoms with E-state index < -0.39 is 0 Å². The second kappa shape index (κ2) is 9.56. The minimum atomic E-state index is -0.235. The molecule has 170 valence electrons. The number of halogens is 1. The average Bonchev–Trinajstić information content (AvgIpc) is 3.24. The Bertz CT molecular complexity index is 974. The molecule has 32 heavy (non-hydrogen) atoms. The van der Waals surface area contributed by atoms with Gasteiger partial charge in [0.15, 0.2) is 0 Å². The van der Waals surface area contributed by atoms with Crippen LogP contribution in [-0.4, -0.2) is 72.5 Å². The average molecular weight is 441 g/mol. The van der Waals surface area contributed by atoms with Crippen molar-refractivity contribution in [2.45, 2.75) is 13.3 Å². The zero-order chi connectivity index (χ0) is 22.7. The predicted molar refractivity (Wildman–Crippen MR) is 121 cm³/mol. The van der Waals surface area contributed by atoms with Crippen LogP contribution in [0.2, 0.25) is 0 Å². The van der Waals surface area contributed by atoms with Gasteiger partial charge in [0.25, 0.3) is 0 Å². The van der Waals surface area contributed by atoms with E-state index in [1.165, 1.54) is 24.3 Å². The lowest BCUT2D eigenvalue weighted by Gasteiger charge is -2.37. The van der Waals surface area contributed by atoms with E-state index >= 15 is 0 Å². The van der Waals surface area contributed by atoms with Crippen LogP contribution in [0, 0.1) is 18.7 Å². The van der Waals surface area contributed by atoms with Gasteiger partial charge >= 0.3 is 0 Å². The van der Waals surface area contributed by atoms with Crippen molar-refractivity contribution < 1.29 is 19.1 Å². The Hall–Kier alpha value is -3.13. The topological polar surface area (TPSA) is 76.1 Å². The van der Waals surface area contributed by atoms with Crippen molar-refractivity contribution in [1.29, 1.82) is 0 Å². The third-order valence-electron chi connectivity index (χ3n) is 6.27. The molecule has 0 spiro atoms. The Kier molecular flexibility index (Phi) is 6.60. The molecule has 1 unspecified atom stereocenters. The van der Waals surface area contributed by atoms with Crippen molar-refractivity contribution >= 4 is 23.2 Å². The summed E-state index contributed by atoms with van der Waals surface area (Å²) in [7, 11) is 0. The lowest BCUT2D eigenvalue weighted by atomic mass is 10.1. The van der Waals surface area contributed by atoms with Gasteiger partial charge in [-0.3, -0.25) is 14.5 Å². The number of piperazine rings is 1. The summed E-state index contributed by atoms with van der Waals surface area (Å²) < 4.78 is 13.4. The van der Waals surface area contributed by atoms with E-state index in [1.807, 2.05) is 16.7 Å². The number of nitrogens with zero attached hydrogens (tertiary/aromatic N) is 3. The lowest BCUT2D eigenvalue weighted by molar-refractivity contribution is -0.132. The summed E-state index contributed by atoms with van der Waals surface area (Å²) in [5.41, 5.74) is 2.57. The summed E-state index contributed by atoms with van der Waals surface area (Å²) in [5.74, 6) is -0.216. The normalized spacial score (nSPS) is 19.2. The monoisotopic (exact) mass is 440 g/mol. The van der Waals surface area contributed by atoms with E-state index in [4.69, 9.17) is 0 Å². The minimum absolute atomic E-state index is 0.0612. The zero-order valence-corrected chi connectivity index (χ0v) is 18.3. The number of amides is 2. The van der Waals surface area contributed by atoms with Crippen molar-refractivity contribution in [3.05, 3.63) is 53.8 Å². The van der Waals surface area contributed by atoms with Gasteiger partial charge in [-0.1, -0.05) is 0 Å². The molecule has 0 aliphatic carbocycles. The molecule has 2 fully saturated rings. The molecule has 1 atom stereocenters. The molecule has 4 rings (SSSR count). The molecule has 8 heteroatoms. The molecular weight excluding hydrogens is 411 g/mol. The zero-order valence-electron chi connectivity index (χ0n) is 18.3. The highest BCUT2D eigenvalue weighted by atomic mass is 19.1. The number of aryl methyl sites for hydroxylation is 1. The predicted octanol–water partition coefficient (Wildman–Crippen LogP) is 2.45. The maximum Gasteiger partial charge on any atom is 0.236 e. The summed E-state index contributed by atoms with van der Waals surface area (Å²) in [4.78, 5) is 31.4. The van der Waals surface area contributed by atoms with Crippen molar-refractivity contribution in [2.24, 2.45) is 5.92 Å². The molecule has 0 bridgehead atoms. The van der Waals surface area contributed by atoms with E-state index in [-0.39, 0.29) is 29.3 Å². The summed E-state index contributed by atoms with van der Waals surface area (Å²) in [6, 6.07) is 11.2. The number of hydrogen-bond donors (Lipinski definition) is 2. The summed E-state index contributed by atoms with van der Waals surface area (Å²) in [5, 5.41) is 12.2. The molecule has 2 aromatic rings. The van der Waals surface area contributed by atoms with E-state index in [2.05, 4.69) is 10.2 Å². The number of phenolic OH excluding ortho intramolecular Hbond substituents is 1. The van der Waals surface area contributed by atoms with Crippen molar-refractivity contribution in [3.8, 4) is 5.75 Å². The fraction of sp³-hybridized carbons (Fsp3) is 0.417. The molecule has 2 N–H and O–H groups in total. The Morgan fingerprint density at radius 2 is 1.78 bits per heavy atom. The highest BCUT2D eigenvalue weighted by molar-refractivity contribution is 5.93. The van der Waals surface area contributed by atoms with Gasteiger partial charge in [-0.25, -0.2) is 4.39 Å². The van der Waals surface area contributed by atoms with E-state index in [0.717, 1.165) is 30.8 Å². The quantitative estimate of drug-likeness (QED) is 0.699. The molecule has 0 aromatic heterocycles. The molecule has 0 saturated carbocycles. The van der Waals surface area contributed by atoms with Crippen LogP contribution in [0.4, 0.5) is 15.8 Å².